The third-order valence-corrected chi connectivity index (χ3v) is 7.36. The number of fused-ring (bicyclic) bond motifs is 3. The maximum absolute atomic E-state index is 15.3. The number of hydrogen-bond acceptors (Lipinski definition) is 9. The lowest BCUT2D eigenvalue weighted by Crippen LogP contribution is -2.48. The lowest BCUT2D eigenvalue weighted by atomic mass is 9.96. The van der Waals surface area contributed by atoms with E-state index < -0.39 is 23.8 Å². The van der Waals surface area contributed by atoms with Gasteiger partial charge in [0.05, 0.1) is 45.2 Å². The summed E-state index contributed by atoms with van der Waals surface area (Å²) in [5.41, 5.74) is 0.702. The van der Waals surface area contributed by atoms with E-state index in [0.29, 0.717) is 23.3 Å². The predicted octanol–water partition coefficient (Wildman–Crippen LogP) is 3.37. The van der Waals surface area contributed by atoms with E-state index in [2.05, 4.69) is 20.3 Å². The number of aryl methyl sites for hydroxylation is 1. The minimum absolute atomic E-state index is 0.105. The fraction of sp³-hybridized carbons (Fsp3) is 0.476. The van der Waals surface area contributed by atoms with Crippen LogP contribution in [0.4, 0.5) is 10.3 Å². The molecule has 170 valence electrons. The predicted molar refractivity (Wildman–Crippen MR) is 118 cm³/mol. The van der Waals surface area contributed by atoms with E-state index in [9.17, 15) is 10.2 Å². The van der Waals surface area contributed by atoms with Crippen molar-refractivity contribution in [3.63, 3.8) is 0 Å². The summed E-state index contributed by atoms with van der Waals surface area (Å²) in [6.45, 7) is 5.58. The Balaban J connectivity index is 1.52. The second kappa shape index (κ2) is 7.82. The third-order valence-electron chi connectivity index (χ3n) is 5.81. The van der Waals surface area contributed by atoms with Crippen LogP contribution in [0.1, 0.15) is 31.4 Å². The molecule has 0 unspecified atom stereocenters. The van der Waals surface area contributed by atoms with Gasteiger partial charge in [-0.3, -0.25) is 4.98 Å². The third kappa shape index (κ3) is 3.64. The van der Waals surface area contributed by atoms with Gasteiger partial charge in [0, 0.05) is 11.8 Å². The molecule has 8 nitrogen and oxygen atoms in total. The van der Waals surface area contributed by atoms with Gasteiger partial charge in [-0.15, -0.1) is 11.3 Å². The molecule has 11 heteroatoms. The van der Waals surface area contributed by atoms with Crippen LogP contribution in [0.2, 0.25) is 5.02 Å². The molecule has 2 aliphatic heterocycles. The molecule has 2 bridgehead atoms. The lowest BCUT2D eigenvalue weighted by molar-refractivity contribution is -0.156. The number of hydrogen-bond donors (Lipinski definition) is 3. The molecule has 32 heavy (non-hydrogen) atoms. The van der Waals surface area contributed by atoms with Gasteiger partial charge in [-0.25, -0.2) is 14.4 Å². The van der Waals surface area contributed by atoms with Gasteiger partial charge in [0.1, 0.15) is 17.3 Å². The monoisotopic (exact) mass is 480 g/mol. The van der Waals surface area contributed by atoms with E-state index >= 15 is 4.39 Å². The topological polar surface area (TPSA) is 110 Å². The van der Waals surface area contributed by atoms with E-state index in [1.807, 2.05) is 6.92 Å². The first-order valence-corrected chi connectivity index (χ1v) is 11.4. The van der Waals surface area contributed by atoms with Gasteiger partial charge >= 0.3 is 0 Å². The first-order valence-electron chi connectivity index (χ1n) is 10.2. The van der Waals surface area contributed by atoms with Gasteiger partial charge in [-0.05, 0) is 32.8 Å². The fourth-order valence-corrected chi connectivity index (χ4v) is 5.57. The van der Waals surface area contributed by atoms with Crippen molar-refractivity contribution < 1.29 is 24.1 Å². The Bertz CT molecular complexity index is 1200. The van der Waals surface area contributed by atoms with Crippen molar-refractivity contribution >= 4 is 39.1 Å². The molecular weight excluding hydrogens is 459 g/mol. The van der Waals surface area contributed by atoms with Crippen LogP contribution in [0.5, 0.6) is 0 Å². The molecule has 2 aliphatic rings. The molecule has 0 amide bonds. The molecule has 5 rings (SSSR count). The van der Waals surface area contributed by atoms with Crippen LogP contribution in [0.3, 0.4) is 0 Å². The van der Waals surface area contributed by atoms with E-state index in [4.69, 9.17) is 21.1 Å². The molecular formula is C21H22ClFN4O4S. The Labute approximate surface area is 192 Å². The molecule has 0 saturated carbocycles. The Hall–Kier alpha value is -1.95. The van der Waals surface area contributed by atoms with Crippen molar-refractivity contribution in [2.75, 3.05) is 11.9 Å². The number of rotatable bonds is 4. The maximum Gasteiger partial charge on any atom is 0.223 e. The number of aliphatic hydroxyl groups is 2. The van der Waals surface area contributed by atoms with Crippen molar-refractivity contribution in [3.8, 4) is 10.6 Å². The van der Waals surface area contributed by atoms with Crippen LogP contribution >= 0.6 is 22.9 Å². The average Bonchev–Trinajstić information content (AvgIpc) is 3.29. The zero-order chi connectivity index (χ0) is 22.8. The van der Waals surface area contributed by atoms with Gasteiger partial charge in [0.25, 0.3) is 0 Å². The molecule has 0 aromatic carbocycles. The molecule has 3 aromatic heterocycles. The number of anilines is 1. The number of thiophene rings is 1. The summed E-state index contributed by atoms with van der Waals surface area (Å²) in [5, 5.41) is 24.1. The smallest absolute Gasteiger partial charge is 0.223 e. The molecule has 4 atom stereocenters. The number of aromatic nitrogens is 3. The highest BCUT2D eigenvalue weighted by atomic mass is 35.5. The van der Waals surface area contributed by atoms with Crippen LogP contribution in [0, 0.1) is 12.7 Å². The summed E-state index contributed by atoms with van der Waals surface area (Å²) >= 11 is 7.51. The molecule has 5 heterocycles. The van der Waals surface area contributed by atoms with Crippen LogP contribution in [-0.4, -0.2) is 56.3 Å². The molecule has 2 fully saturated rings. The standard InChI is InChI=1S/C21H22ClFN4O4S/c1-8-10(21(2,3)29)5-24-15-13(23)18(32-17(8)15)14-11(22)6-25-20(27-14)26-12-4-9-7-30-19(31-9)16(12)28/h5-6,9,12,16,19,28-29H,4,7H2,1-3H3,(H,25,26,27)/t9-,12+,16-,19+/m0/s1. The normalized spacial score (nSPS) is 25.5. The summed E-state index contributed by atoms with van der Waals surface area (Å²) in [4.78, 5) is 13.1. The summed E-state index contributed by atoms with van der Waals surface area (Å²) in [6, 6.07) is -0.374. The summed E-state index contributed by atoms with van der Waals surface area (Å²) < 4.78 is 26.9. The molecule has 0 aliphatic carbocycles. The lowest BCUT2D eigenvalue weighted by Gasteiger charge is -2.32. The molecule has 0 spiro atoms. The first-order chi connectivity index (χ1) is 15.1. The summed E-state index contributed by atoms with van der Waals surface area (Å²) in [5.74, 6) is -0.312. The molecule has 3 aromatic rings. The maximum atomic E-state index is 15.3. The average molecular weight is 481 g/mol. The van der Waals surface area contributed by atoms with Crippen LogP contribution in [0.25, 0.3) is 20.8 Å². The van der Waals surface area contributed by atoms with Crippen molar-refractivity contribution in [1.82, 2.24) is 15.0 Å². The zero-order valence-corrected chi connectivity index (χ0v) is 19.2. The highest BCUT2D eigenvalue weighted by Gasteiger charge is 2.43. The van der Waals surface area contributed by atoms with Gasteiger partial charge in [-0.1, -0.05) is 11.6 Å². The minimum atomic E-state index is -1.11. The summed E-state index contributed by atoms with van der Waals surface area (Å²) in [6.07, 6.45) is 1.75. The SMILES string of the molecule is Cc1c(C(C)(C)O)cnc2c(F)c(-c3nc(N[C@@H]4C[C@H]5CO[C@H](O5)[C@H]4O)ncc3Cl)sc12. The van der Waals surface area contributed by atoms with Crippen LogP contribution in [0.15, 0.2) is 12.4 Å². The Morgan fingerprint density at radius 3 is 2.84 bits per heavy atom. The van der Waals surface area contributed by atoms with Gasteiger partial charge in [0.15, 0.2) is 12.1 Å². The van der Waals surface area contributed by atoms with Crippen LogP contribution < -0.4 is 5.32 Å². The van der Waals surface area contributed by atoms with E-state index in [0.717, 1.165) is 5.56 Å². The second-order valence-corrected chi connectivity index (χ2v) is 10.0. The van der Waals surface area contributed by atoms with Crippen molar-refractivity contribution in [2.24, 2.45) is 0 Å². The fourth-order valence-electron chi connectivity index (χ4n) is 4.18. The van der Waals surface area contributed by atoms with Crippen LogP contribution in [-0.2, 0) is 15.1 Å². The second-order valence-electron chi connectivity index (χ2n) is 8.61. The van der Waals surface area contributed by atoms with Crippen molar-refractivity contribution in [3.05, 3.63) is 34.4 Å². The largest absolute Gasteiger partial charge is 0.386 e. The summed E-state index contributed by atoms with van der Waals surface area (Å²) in [7, 11) is 0. The van der Waals surface area contributed by atoms with E-state index in [1.54, 1.807) is 13.8 Å². The Morgan fingerprint density at radius 1 is 1.31 bits per heavy atom. The van der Waals surface area contributed by atoms with Crippen molar-refractivity contribution in [2.45, 2.75) is 57.3 Å². The van der Waals surface area contributed by atoms with Crippen molar-refractivity contribution in [1.29, 1.82) is 0 Å². The number of ether oxygens (including phenoxy) is 2. The number of nitrogens with zero attached hydrogens (tertiary/aromatic N) is 3. The van der Waals surface area contributed by atoms with Gasteiger partial charge in [-0.2, -0.15) is 0 Å². The number of pyridine rings is 1. The first kappa shape index (κ1) is 21.9. The Kier molecular flexibility index (Phi) is 5.35. The van der Waals surface area contributed by atoms with E-state index in [1.165, 1.54) is 23.7 Å². The highest BCUT2D eigenvalue weighted by molar-refractivity contribution is 7.22. The molecule has 0 radical (unpaired) electrons. The highest BCUT2D eigenvalue weighted by Crippen LogP contribution is 2.42. The van der Waals surface area contributed by atoms with E-state index in [-0.39, 0.29) is 39.2 Å². The molecule has 2 saturated heterocycles. The zero-order valence-electron chi connectivity index (χ0n) is 17.6. The van der Waals surface area contributed by atoms with Gasteiger partial charge < -0.3 is 25.0 Å². The number of aliphatic hydroxyl groups excluding tert-OH is 1. The molecule has 3 N–H and O–H groups in total. The van der Waals surface area contributed by atoms with Gasteiger partial charge in [0.2, 0.25) is 5.95 Å². The Morgan fingerprint density at radius 2 is 2.09 bits per heavy atom. The number of nitrogens with one attached hydrogen (secondary N) is 1. The number of halogens is 2. The quantitative estimate of drug-likeness (QED) is 0.521. The minimum Gasteiger partial charge on any atom is -0.386 e.